The van der Waals surface area contributed by atoms with Crippen molar-refractivity contribution in [1.82, 2.24) is 5.32 Å². The highest BCUT2D eigenvalue weighted by atomic mass is 35.5. The van der Waals surface area contributed by atoms with Crippen molar-refractivity contribution < 1.29 is 18.7 Å². The van der Waals surface area contributed by atoms with Crippen molar-refractivity contribution >= 4 is 23.2 Å². The molecule has 164 valence electrons. The summed E-state index contributed by atoms with van der Waals surface area (Å²) in [7, 11) is 0. The van der Waals surface area contributed by atoms with Gasteiger partial charge in [-0.2, -0.15) is 0 Å². The van der Waals surface area contributed by atoms with Crippen LogP contribution in [0.4, 0.5) is 4.39 Å². The predicted octanol–water partition coefficient (Wildman–Crippen LogP) is 5.76. The van der Waals surface area contributed by atoms with Gasteiger partial charge >= 0.3 is 0 Å². The highest BCUT2D eigenvalue weighted by Gasteiger charge is 2.40. The topological polar surface area (TPSA) is 55.4 Å². The first-order chi connectivity index (χ1) is 15.5. The highest BCUT2D eigenvalue weighted by molar-refractivity contribution is 6.32. The van der Waals surface area contributed by atoms with E-state index in [0.717, 1.165) is 42.6 Å². The number of hydrogen-bond acceptors (Lipinski definition) is 4. The molecule has 0 amide bonds. The number of halogens is 2. The van der Waals surface area contributed by atoms with Crippen LogP contribution in [0.25, 0.3) is 0 Å². The molecule has 2 aromatic carbocycles. The van der Waals surface area contributed by atoms with Gasteiger partial charge in [0.25, 0.3) is 0 Å². The maximum Gasteiger partial charge on any atom is 0.161 e. The monoisotopic (exact) mass is 451 g/mol. The number of Topliss-reactive ketones (excluding diaryl/α,β-unsaturated/α-hetero) is 2. The highest BCUT2D eigenvalue weighted by Crippen LogP contribution is 2.46. The molecule has 0 atom stereocenters. The Kier molecular flexibility index (Phi) is 5.60. The van der Waals surface area contributed by atoms with E-state index in [4.69, 9.17) is 16.3 Å². The van der Waals surface area contributed by atoms with Gasteiger partial charge in [0, 0.05) is 46.9 Å². The Morgan fingerprint density at radius 2 is 1.59 bits per heavy atom. The van der Waals surface area contributed by atoms with Crippen molar-refractivity contribution in [3.8, 4) is 5.75 Å². The van der Waals surface area contributed by atoms with Gasteiger partial charge in [-0.1, -0.05) is 35.9 Å². The van der Waals surface area contributed by atoms with Gasteiger partial charge in [-0.15, -0.1) is 0 Å². The molecule has 32 heavy (non-hydrogen) atoms. The average Bonchev–Trinajstić information content (AvgIpc) is 2.78. The van der Waals surface area contributed by atoms with Crippen LogP contribution in [0.2, 0.25) is 5.02 Å². The van der Waals surface area contributed by atoms with Crippen molar-refractivity contribution in [3.63, 3.8) is 0 Å². The Bertz CT molecular complexity index is 1140. The van der Waals surface area contributed by atoms with E-state index in [1.54, 1.807) is 30.3 Å². The van der Waals surface area contributed by atoms with Crippen molar-refractivity contribution in [2.45, 2.75) is 51.0 Å². The van der Waals surface area contributed by atoms with Gasteiger partial charge in [0.1, 0.15) is 18.2 Å². The average molecular weight is 452 g/mol. The number of hydrogen-bond donors (Lipinski definition) is 1. The number of rotatable bonds is 4. The van der Waals surface area contributed by atoms with Crippen molar-refractivity contribution in [2.24, 2.45) is 0 Å². The second kappa shape index (κ2) is 8.55. The van der Waals surface area contributed by atoms with E-state index in [2.05, 4.69) is 5.32 Å². The maximum absolute atomic E-state index is 13.9. The molecule has 0 radical (unpaired) electrons. The fourth-order valence-corrected chi connectivity index (χ4v) is 5.14. The van der Waals surface area contributed by atoms with Gasteiger partial charge in [0.05, 0.1) is 5.02 Å². The number of carbonyl (C=O) groups excluding carboxylic acids is 2. The Morgan fingerprint density at radius 1 is 0.938 bits per heavy atom. The van der Waals surface area contributed by atoms with Crippen molar-refractivity contribution in [3.05, 3.63) is 87.0 Å². The van der Waals surface area contributed by atoms with E-state index in [0.29, 0.717) is 40.3 Å². The summed E-state index contributed by atoms with van der Waals surface area (Å²) in [6, 6.07) is 11.8. The molecule has 5 rings (SSSR count). The molecule has 1 N–H and O–H groups in total. The van der Waals surface area contributed by atoms with Gasteiger partial charge < -0.3 is 10.1 Å². The van der Waals surface area contributed by atoms with Gasteiger partial charge in [0.15, 0.2) is 11.6 Å². The molecule has 2 aliphatic carbocycles. The van der Waals surface area contributed by atoms with Crippen LogP contribution in [0, 0.1) is 5.82 Å². The lowest BCUT2D eigenvalue weighted by molar-refractivity contribution is -0.116. The van der Waals surface area contributed by atoms with Crippen LogP contribution in [-0.2, 0) is 16.2 Å². The molecule has 6 heteroatoms. The van der Waals surface area contributed by atoms with Crippen LogP contribution in [0.1, 0.15) is 55.6 Å². The Labute approximate surface area is 191 Å². The minimum atomic E-state index is -0.403. The molecule has 0 saturated carbocycles. The molecule has 0 aromatic heterocycles. The molecule has 0 bridgehead atoms. The van der Waals surface area contributed by atoms with Gasteiger partial charge in [-0.25, -0.2) is 4.39 Å². The fourth-order valence-electron chi connectivity index (χ4n) is 4.90. The van der Waals surface area contributed by atoms with E-state index in [9.17, 15) is 14.0 Å². The third-order valence-electron chi connectivity index (χ3n) is 6.42. The number of allylic oxidation sites excluding steroid dienone is 4. The number of nitrogens with one attached hydrogen (secondary N) is 1. The fraction of sp³-hybridized carbons (Fsp3) is 0.308. The molecule has 1 heterocycles. The third kappa shape index (κ3) is 3.75. The molecule has 0 saturated heterocycles. The zero-order chi connectivity index (χ0) is 22.2. The molecule has 0 fully saturated rings. The van der Waals surface area contributed by atoms with Crippen LogP contribution in [0.5, 0.6) is 5.75 Å². The lowest BCUT2D eigenvalue weighted by atomic mass is 9.71. The third-order valence-corrected chi connectivity index (χ3v) is 6.72. The Morgan fingerprint density at radius 3 is 2.22 bits per heavy atom. The lowest BCUT2D eigenvalue weighted by Crippen LogP contribution is -2.36. The molecule has 3 aliphatic rings. The summed E-state index contributed by atoms with van der Waals surface area (Å²) in [5, 5.41) is 3.78. The Balaban J connectivity index is 1.49. The van der Waals surface area contributed by atoms with E-state index in [1.165, 1.54) is 6.07 Å². The van der Waals surface area contributed by atoms with Crippen LogP contribution in [0.3, 0.4) is 0 Å². The maximum atomic E-state index is 13.9. The Hall–Kier alpha value is -2.92. The minimum absolute atomic E-state index is 0.0562. The quantitative estimate of drug-likeness (QED) is 0.642. The van der Waals surface area contributed by atoms with Gasteiger partial charge in [0.2, 0.25) is 0 Å². The molecular weight excluding hydrogens is 429 g/mol. The summed E-state index contributed by atoms with van der Waals surface area (Å²) < 4.78 is 19.7. The second-order valence-corrected chi connectivity index (χ2v) is 8.87. The molecular formula is C26H23ClFNO3. The van der Waals surface area contributed by atoms with Gasteiger partial charge in [-0.05, 0) is 49.4 Å². The number of ether oxygens (including phenoxy) is 1. The summed E-state index contributed by atoms with van der Waals surface area (Å²) in [6.45, 7) is 0.0562. The van der Waals surface area contributed by atoms with Gasteiger partial charge in [-0.3, -0.25) is 9.59 Å². The predicted molar refractivity (Wildman–Crippen MR) is 120 cm³/mol. The standard InChI is InChI=1S/C26H23ClFNO3/c27-17-13-15(11-12-23(17)32-14-16-5-1-2-6-18(16)28)24-25-19(7-3-9-21(25)30)29-20-8-4-10-22(31)26(20)24/h1-2,5-6,11-13,24,29H,3-4,7-10,14H2. The first kappa shape index (κ1) is 21.0. The van der Waals surface area contributed by atoms with Crippen molar-refractivity contribution in [1.29, 1.82) is 0 Å². The largest absolute Gasteiger partial charge is 0.487 e. The zero-order valence-electron chi connectivity index (χ0n) is 17.5. The first-order valence-corrected chi connectivity index (χ1v) is 11.4. The summed E-state index contributed by atoms with van der Waals surface area (Å²) in [6.07, 6.45) is 4.23. The van der Waals surface area contributed by atoms with Crippen LogP contribution < -0.4 is 10.1 Å². The summed E-state index contributed by atoms with van der Waals surface area (Å²) in [4.78, 5) is 25.8. The summed E-state index contributed by atoms with van der Waals surface area (Å²) in [5.74, 6) is -0.129. The number of ketones is 2. The summed E-state index contributed by atoms with van der Waals surface area (Å²) >= 11 is 6.54. The molecule has 0 unspecified atom stereocenters. The lowest BCUT2D eigenvalue weighted by Gasteiger charge is -2.37. The van der Waals surface area contributed by atoms with E-state index in [1.807, 2.05) is 6.07 Å². The first-order valence-electron chi connectivity index (χ1n) is 11.0. The summed E-state index contributed by atoms with van der Waals surface area (Å²) in [5.41, 5.74) is 4.52. The minimum Gasteiger partial charge on any atom is -0.487 e. The van der Waals surface area contributed by atoms with Crippen molar-refractivity contribution in [2.75, 3.05) is 0 Å². The number of dihydropyridines is 1. The zero-order valence-corrected chi connectivity index (χ0v) is 18.3. The molecule has 4 nitrogen and oxygen atoms in total. The van der Waals surface area contributed by atoms with Crippen LogP contribution in [-0.4, -0.2) is 11.6 Å². The molecule has 1 aliphatic heterocycles. The van der Waals surface area contributed by atoms with E-state index < -0.39 is 5.92 Å². The SMILES string of the molecule is O=C1CCCC2=C1C(c1ccc(OCc3ccccc3F)c(Cl)c1)C1=C(CCCC1=O)N2. The van der Waals surface area contributed by atoms with E-state index >= 15 is 0 Å². The number of carbonyl (C=O) groups is 2. The molecule has 0 spiro atoms. The number of benzene rings is 2. The van der Waals surface area contributed by atoms with Crippen LogP contribution >= 0.6 is 11.6 Å². The second-order valence-electron chi connectivity index (χ2n) is 8.47. The molecule has 2 aromatic rings. The van der Waals surface area contributed by atoms with Crippen LogP contribution in [0.15, 0.2) is 65.0 Å². The van der Waals surface area contributed by atoms with E-state index in [-0.39, 0.29) is 24.0 Å². The smallest absolute Gasteiger partial charge is 0.161 e. The normalized spacial score (nSPS) is 18.9.